The predicted molar refractivity (Wildman–Crippen MR) is 86.2 cm³/mol. The van der Waals surface area contributed by atoms with Gasteiger partial charge in [0.2, 0.25) is 0 Å². The minimum absolute atomic E-state index is 0. The van der Waals surface area contributed by atoms with Crippen LogP contribution in [0.15, 0.2) is 41.6 Å². The Balaban J connectivity index is 0.00000220. The first-order valence-corrected chi connectivity index (χ1v) is 6.59. The van der Waals surface area contributed by atoms with Crippen LogP contribution in [0.4, 0.5) is 0 Å². The molecule has 120 valence electrons. The fourth-order valence-electron chi connectivity index (χ4n) is 1.78. The van der Waals surface area contributed by atoms with E-state index in [2.05, 4.69) is 21.2 Å². The van der Waals surface area contributed by atoms with Gasteiger partial charge in [-0.25, -0.2) is 5.43 Å². The van der Waals surface area contributed by atoms with Crippen molar-refractivity contribution < 1.29 is 22.9 Å². The van der Waals surface area contributed by atoms with Crippen LogP contribution >= 0.6 is 12.4 Å². The number of pyridine rings is 1. The molecule has 1 aromatic heterocycles. The maximum Gasteiger partial charge on any atom is 0.298 e. The van der Waals surface area contributed by atoms with Gasteiger partial charge in [-0.05, 0) is 6.07 Å². The van der Waals surface area contributed by atoms with Crippen molar-refractivity contribution in [2.75, 3.05) is 0 Å². The molecule has 0 spiro atoms. The van der Waals surface area contributed by atoms with Gasteiger partial charge in [-0.2, -0.15) is 5.10 Å². The molecule has 5 nitrogen and oxygen atoms in total. The summed E-state index contributed by atoms with van der Waals surface area (Å²) in [6.45, 7) is 3.91. The van der Waals surface area contributed by atoms with Crippen molar-refractivity contribution in [2.24, 2.45) is 11.0 Å². The summed E-state index contributed by atoms with van der Waals surface area (Å²) in [7, 11) is 0. The van der Waals surface area contributed by atoms with E-state index in [-0.39, 0.29) is 42.7 Å². The third kappa shape index (κ3) is 4.94. The van der Waals surface area contributed by atoms with Gasteiger partial charge in [0.05, 0.1) is 11.7 Å². The zero-order chi connectivity index (χ0) is 14.5. The van der Waals surface area contributed by atoms with Gasteiger partial charge >= 0.3 is 0 Å². The molecule has 4 N–H and O–H groups in total. The molecular formula is C15H20Cl2N4O. The van der Waals surface area contributed by atoms with E-state index in [1.807, 2.05) is 44.2 Å². The van der Waals surface area contributed by atoms with Crippen molar-refractivity contribution in [3.8, 4) is 0 Å². The monoisotopic (exact) mass is 342 g/mol. The summed E-state index contributed by atoms with van der Waals surface area (Å²) < 4.78 is 0. The molecule has 0 saturated heterocycles. The van der Waals surface area contributed by atoms with E-state index in [9.17, 15) is 4.79 Å². The first kappa shape index (κ1) is 20.3. The number of aromatic nitrogens is 1. The molecule has 1 aromatic carbocycles. The van der Waals surface area contributed by atoms with Gasteiger partial charge in [0.1, 0.15) is 0 Å². The molecule has 1 atom stereocenters. The van der Waals surface area contributed by atoms with Crippen LogP contribution in [0.5, 0.6) is 0 Å². The lowest BCUT2D eigenvalue weighted by atomic mass is 10.1. The van der Waals surface area contributed by atoms with Crippen molar-refractivity contribution in [1.29, 1.82) is 0 Å². The zero-order valence-corrected chi connectivity index (χ0v) is 14.1. The van der Waals surface area contributed by atoms with Crippen LogP contribution in [0.25, 0.3) is 10.9 Å². The topological polar surface area (TPSA) is 82.0 Å². The fourth-order valence-corrected chi connectivity index (χ4v) is 1.78. The minimum Gasteiger partial charge on any atom is -1.00 e. The highest BCUT2D eigenvalue weighted by Crippen LogP contribution is 2.13. The number of hydrogen-bond donors (Lipinski definition) is 2. The third-order valence-corrected chi connectivity index (χ3v) is 3.18. The number of para-hydroxylation sites is 1. The average molecular weight is 343 g/mol. The summed E-state index contributed by atoms with van der Waals surface area (Å²) in [4.78, 5) is 16.1. The molecule has 1 heterocycles. The van der Waals surface area contributed by atoms with Crippen LogP contribution in [-0.4, -0.2) is 23.1 Å². The molecule has 0 aliphatic rings. The maximum atomic E-state index is 11.7. The molecule has 0 radical (unpaired) electrons. The number of hydrogen-bond acceptors (Lipinski definition) is 3. The van der Waals surface area contributed by atoms with Crippen molar-refractivity contribution in [3.05, 3.63) is 42.1 Å². The Bertz CT molecular complexity index is 641. The largest absolute Gasteiger partial charge is 1.00 e. The Morgan fingerprint density at radius 3 is 2.68 bits per heavy atom. The first-order chi connectivity index (χ1) is 9.59. The number of hydrazone groups is 1. The lowest BCUT2D eigenvalue weighted by Gasteiger charge is -2.09. The fraction of sp³-hybridized carbons (Fsp3) is 0.267. The lowest BCUT2D eigenvalue weighted by molar-refractivity contribution is -0.414. The molecule has 0 fully saturated rings. The second kappa shape index (κ2) is 9.35. The number of fused-ring (bicyclic) bond motifs is 1. The quantitative estimate of drug-likeness (QED) is 0.517. The van der Waals surface area contributed by atoms with E-state index in [1.54, 1.807) is 12.4 Å². The van der Waals surface area contributed by atoms with E-state index in [4.69, 9.17) is 0 Å². The van der Waals surface area contributed by atoms with E-state index >= 15 is 0 Å². The van der Waals surface area contributed by atoms with E-state index in [1.165, 1.54) is 0 Å². The van der Waals surface area contributed by atoms with Crippen molar-refractivity contribution in [2.45, 2.75) is 19.9 Å². The van der Waals surface area contributed by atoms with Crippen LogP contribution in [0.2, 0.25) is 0 Å². The maximum absolute atomic E-state index is 11.7. The predicted octanol–water partition coefficient (Wildman–Crippen LogP) is -1.62. The molecule has 2 aromatic rings. The number of carbonyl (C=O) groups is 1. The Morgan fingerprint density at radius 2 is 2.00 bits per heavy atom. The molecule has 0 aliphatic carbocycles. The highest BCUT2D eigenvalue weighted by Gasteiger charge is 2.20. The number of nitrogens with one attached hydrogen (secondary N) is 1. The Labute approximate surface area is 142 Å². The van der Waals surface area contributed by atoms with Gasteiger partial charge in [0.15, 0.2) is 6.04 Å². The Hall–Kier alpha value is -1.69. The van der Waals surface area contributed by atoms with Crippen molar-refractivity contribution in [3.63, 3.8) is 0 Å². The zero-order valence-electron chi connectivity index (χ0n) is 12.5. The number of rotatable bonds is 4. The summed E-state index contributed by atoms with van der Waals surface area (Å²) >= 11 is 0. The van der Waals surface area contributed by atoms with Gasteiger partial charge < -0.3 is 18.1 Å². The van der Waals surface area contributed by atoms with E-state index in [0.717, 1.165) is 16.5 Å². The molecule has 0 unspecified atom stereocenters. The Morgan fingerprint density at radius 1 is 1.32 bits per heavy atom. The SMILES string of the molecule is CC(C)[C@@H]([NH3+])C(=O)N/N=C/c1cccc2cccnc12.Cl.[Cl-]. The van der Waals surface area contributed by atoms with E-state index < -0.39 is 0 Å². The van der Waals surface area contributed by atoms with E-state index in [0.29, 0.717) is 0 Å². The van der Waals surface area contributed by atoms with Crippen LogP contribution < -0.4 is 23.6 Å². The summed E-state index contributed by atoms with van der Waals surface area (Å²) in [5.41, 5.74) is 8.06. The molecule has 0 bridgehead atoms. The first-order valence-electron chi connectivity index (χ1n) is 6.59. The summed E-state index contributed by atoms with van der Waals surface area (Å²) in [5, 5.41) is 5.03. The lowest BCUT2D eigenvalue weighted by Crippen LogP contribution is -3.00. The van der Waals surface area contributed by atoms with Gasteiger partial charge in [-0.3, -0.25) is 9.78 Å². The minimum atomic E-state index is -0.308. The molecule has 1 amide bonds. The van der Waals surface area contributed by atoms with Gasteiger partial charge in [-0.15, -0.1) is 12.4 Å². The summed E-state index contributed by atoms with van der Waals surface area (Å²) in [6, 6.07) is 9.41. The number of benzene rings is 1. The van der Waals surface area contributed by atoms with Crippen LogP contribution in [0, 0.1) is 5.92 Å². The number of halogens is 2. The molecule has 22 heavy (non-hydrogen) atoms. The van der Waals surface area contributed by atoms with Gasteiger partial charge in [0.25, 0.3) is 5.91 Å². The van der Waals surface area contributed by atoms with Crippen LogP contribution in [0.1, 0.15) is 19.4 Å². The standard InChI is InChI=1S/C15H18N4O.2ClH/c1-10(2)13(16)15(20)19-18-9-12-6-3-5-11-7-4-8-17-14(11)12;;/h3-10,13H,16H2,1-2H3,(H,19,20);2*1H/b18-9+;;/t13-;;/m1../s1. The second-order valence-electron chi connectivity index (χ2n) is 5.01. The average Bonchev–Trinajstić information content (AvgIpc) is 2.46. The van der Waals surface area contributed by atoms with Gasteiger partial charge in [-0.1, -0.05) is 38.1 Å². The van der Waals surface area contributed by atoms with Crippen molar-refractivity contribution >= 4 is 35.4 Å². The van der Waals surface area contributed by atoms with Crippen molar-refractivity contribution in [1.82, 2.24) is 10.4 Å². The summed E-state index contributed by atoms with van der Waals surface area (Å²) in [6.07, 6.45) is 3.35. The number of carbonyl (C=O) groups excluding carboxylic acids is 1. The molecule has 2 rings (SSSR count). The summed E-state index contributed by atoms with van der Waals surface area (Å²) in [5.74, 6) is 0.00821. The second-order valence-corrected chi connectivity index (χ2v) is 5.01. The van der Waals surface area contributed by atoms with Crippen LogP contribution in [-0.2, 0) is 4.79 Å². The number of amides is 1. The smallest absolute Gasteiger partial charge is 0.298 e. The normalized spacial score (nSPS) is 11.8. The third-order valence-electron chi connectivity index (χ3n) is 3.18. The van der Waals surface area contributed by atoms with Gasteiger partial charge in [0, 0.05) is 23.1 Å². The molecular weight excluding hydrogens is 323 g/mol. The number of nitrogens with zero attached hydrogens (tertiary/aromatic N) is 2. The Kier molecular flexibility index (Phi) is 8.63. The van der Waals surface area contributed by atoms with Crippen LogP contribution in [0.3, 0.4) is 0 Å². The highest BCUT2D eigenvalue weighted by atomic mass is 35.5. The molecule has 0 saturated carbocycles. The number of quaternary nitrogens is 1. The molecule has 7 heteroatoms. The molecule has 0 aliphatic heterocycles. The highest BCUT2D eigenvalue weighted by molar-refractivity contribution is 5.97.